The van der Waals surface area contributed by atoms with Crippen molar-refractivity contribution < 1.29 is 80.2 Å². The van der Waals surface area contributed by atoms with Crippen molar-refractivity contribution in [2.24, 2.45) is 17.8 Å². The number of ether oxygens (including phenoxy) is 4. The summed E-state index contributed by atoms with van der Waals surface area (Å²) in [6.07, 6.45) is 55.6. The Morgan fingerprint density at radius 2 is 0.526 bits per heavy atom. The quantitative estimate of drug-likeness (QED) is 0.0222. The molecule has 19 heteroatoms. The van der Waals surface area contributed by atoms with Gasteiger partial charge in [-0.2, -0.15) is 0 Å². The van der Waals surface area contributed by atoms with E-state index in [2.05, 4.69) is 48.5 Å². The maximum Gasteiger partial charge on any atom is 0.472 e. The molecule has 0 saturated carbocycles. The van der Waals surface area contributed by atoms with Gasteiger partial charge in [-0.3, -0.25) is 37.3 Å². The van der Waals surface area contributed by atoms with Gasteiger partial charge in [0.1, 0.15) is 19.3 Å². The average molecular weight is 1420 g/mol. The van der Waals surface area contributed by atoms with Crippen LogP contribution >= 0.6 is 15.6 Å². The number of carbonyl (C=O) groups excluding carboxylic acids is 4. The lowest BCUT2D eigenvalue weighted by atomic mass is 9.99. The number of aliphatic hydroxyl groups excluding tert-OH is 1. The SMILES string of the molecule is CCCCCCCCCCCCCCCCCCCCCC(=O)O[C@H](COC(=O)CCCCCCCCCCCCCCCC(C)C)COP(=O)(O)OC[C@@H](O)COP(=O)(O)OC[C@@H](COC(=O)CCCCCCCCCC(C)C)OC(=O)CCCCCCCCCCC(C)CC. The minimum Gasteiger partial charge on any atom is -0.462 e. The van der Waals surface area contributed by atoms with Crippen LogP contribution in [0.1, 0.15) is 402 Å². The minimum absolute atomic E-state index is 0.104. The van der Waals surface area contributed by atoms with Gasteiger partial charge in [0.2, 0.25) is 0 Å². The Bertz CT molecular complexity index is 1890. The van der Waals surface area contributed by atoms with E-state index in [1.807, 2.05) is 0 Å². The van der Waals surface area contributed by atoms with Gasteiger partial charge < -0.3 is 33.8 Å². The highest BCUT2D eigenvalue weighted by Gasteiger charge is 2.30. The summed E-state index contributed by atoms with van der Waals surface area (Å²) in [7, 11) is -9.92. The fourth-order valence-electron chi connectivity index (χ4n) is 11.9. The second-order valence-corrected chi connectivity index (χ2v) is 32.2. The van der Waals surface area contributed by atoms with Crippen molar-refractivity contribution in [1.82, 2.24) is 0 Å². The highest BCUT2D eigenvalue weighted by molar-refractivity contribution is 7.47. The van der Waals surface area contributed by atoms with E-state index in [9.17, 15) is 43.2 Å². The molecule has 97 heavy (non-hydrogen) atoms. The highest BCUT2D eigenvalue weighted by Crippen LogP contribution is 2.45. The van der Waals surface area contributed by atoms with Crippen molar-refractivity contribution in [3.05, 3.63) is 0 Å². The van der Waals surface area contributed by atoms with Crippen LogP contribution in [0.2, 0.25) is 0 Å². The maximum absolute atomic E-state index is 13.1. The van der Waals surface area contributed by atoms with Gasteiger partial charge in [0.25, 0.3) is 0 Å². The van der Waals surface area contributed by atoms with E-state index in [1.54, 1.807) is 0 Å². The first-order valence-corrected chi connectivity index (χ1v) is 43.4. The molecule has 576 valence electrons. The highest BCUT2D eigenvalue weighted by atomic mass is 31.2. The molecule has 3 unspecified atom stereocenters. The monoisotopic (exact) mass is 1420 g/mol. The fraction of sp³-hybridized carbons (Fsp3) is 0.949. The van der Waals surface area contributed by atoms with E-state index in [0.717, 1.165) is 108 Å². The third-order valence-corrected chi connectivity index (χ3v) is 20.4. The fourth-order valence-corrected chi connectivity index (χ4v) is 13.5. The zero-order valence-electron chi connectivity index (χ0n) is 63.5. The maximum atomic E-state index is 13.1. The molecule has 0 spiro atoms. The number of rotatable bonds is 76. The number of unbranched alkanes of at least 4 members (excludes halogenated alkanes) is 43. The van der Waals surface area contributed by atoms with Crippen LogP contribution in [0.4, 0.5) is 0 Å². The second-order valence-electron chi connectivity index (χ2n) is 29.3. The molecule has 17 nitrogen and oxygen atoms in total. The predicted octanol–water partition coefficient (Wildman–Crippen LogP) is 23.0. The van der Waals surface area contributed by atoms with E-state index in [0.29, 0.717) is 31.6 Å². The van der Waals surface area contributed by atoms with Crippen LogP contribution in [0.15, 0.2) is 0 Å². The van der Waals surface area contributed by atoms with Crippen molar-refractivity contribution in [2.45, 2.75) is 420 Å². The summed E-state index contributed by atoms with van der Waals surface area (Å²) in [5, 5.41) is 10.6. The van der Waals surface area contributed by atoms with Gasteiger partial charge in [0.15, 0.2) is 12.2 Å². The third-order valence-electron chi connectivity index (χ3n) is 18.5. The molecular weight excluding hydrogens is 1270 g/mol. The van der Waals surface area contributed by atoms with Crippen LogP contribution in [0.3, 0.4) is 0 Å². The van der Waals surface area contributed by atoms with Crippen LogP contribution in [-0.4, -0.2) is 96.7 Å². The first-order chi connectivity index (χ1) is 46.8. The number of carbonyl (C=O) groups is 4. The Kier molecular flexibility index (Phi) is 67.1. The Labute approximate surface area is 594 Å². The van der Waals surface area contributed by atoms with Crippen LogP contribution in [-0.2, 0) is 65.4 Å². The zero-order valence-corrected chi connectivity index (χ0v) is 65.3. The van der Waals surface area contributed by atoms with Gasteiger partial charge in [0, 0.05) is 25.7 Å². The summed E-state index contributed by atoms with van der Waals surface area (Å²) in [5.41, 5.74) is 0. The molecule has 0 amide bonds. The average Bonchev–Trinajstić information content (AvgIpc) is 1.22. The van der Waals surface area contributed by atoms with Crippen molar-refractivity contribution >= 4 is 39.5 Å². The Morgan fingerprint density at radius 1 is 0.299 bits per heavy atom. The topological polar surface area (TPSA) is 237 Å². The lowest BCUT2D eigenvalue weighted by molar-refractivity contribution is -0.161. The van der Waals surface area contributed by atoms with Crippen molar-refractivity contribution in [2.75, 3.05) is 39.6 Å². The Morgan fingerprint density at radius 3 is 0.784 bits per heavy atom. The van der Waals surface area contributed by atoms with Crippen LogP contribution in [0.25, 0.3) is 0 Å². The summed E-state index contributed by atoms with van der Waals surface area (Å²) < 4.78 is 68.6. The van der Waals surface area contributed by atoms with Crippen molar-refractivity contribution in [3.63, 3.8) is 0 Å². The minimum atomic E-state index is -4.96. The summed E-state index contributed by atoms with van der Waals surface area (Å²) in [6.45, 7) is 11.9. The largest absolute Gasteiger partial charge is 0.472 e. The van der Waals surface area contributed by atoms with Gasteiger partial charge >= 0.3 is 39.5 Å². The molecule has 0 aliphatic rings. The molecule has 0 aliphatic heterocycles. The molecule has 3 N–H and O–H groups in total. The molecule has 0 aromatic rings. The smallest absolute Gasteiger partial charge is 0.462 e. The van der Waals surface area contributed by atoms with Gasteiger partial charge in [-0.25, -0.2) is 9.13 Å². The predicted molar refractivity (Wildman–Crippen MR) is 395 cm³/mol. The van der Waals surface area contributed by atoms with E-state index in [4.69, 9.17) is 37.0 Å². The number of phosphoric ester groups is 2. The number of phosphoric acid groups is 2. The van der Waals surface area contributed by atoms with E-state index in [1.165, 1.54) is 205 Å². The molecule has 0 rings (SSSR count). The molecular formula is C78H152O17P2. The summed E-state index contributed by atoms with van der Waals surface area (Å²) >= 11 is 0. The van der Waals surface area contributed by atoms with Gasteiger partial charge in [0.05, 0.1) is 26.4 Å². The molecule has 6 atom stereocenters. The molecule has 0 aromatic heterocycles. The zero-order chi connectivity index (χ0) is 71.6. The first-order valence-electron chi connectivity index (χ1n) is 40.4. The second kappa shape index (κ2) is 68.5. The molecule has 0 bridgehead atoms. The number of aliphatic hydroxyl groups is 1. The van der Waals surface area contributed by atoms with Crippen LogP contribution in [0.5, 0.6) is 0 Å². The first kappa shape index (κ1) is 95.1. The van der Waals surface area contributed by atoms with Gasteiger partial charge in [-0.05, 0) is 43.4 Å². The number of esters is 4. The number of hydrogen-bond acceptors (Lipinski definition) is 15. The summed E-state index contributed by atoms with van der Waals surface area (Å²) in [5.74, 6) is 0.148. The van der Waals surface area contributed by atoms with Crippen LogP contribution in [0, 0.1) is 17.8 Å². The van der Waals surface area contributed by atoms with E-state index < -0.39 is 97.5 Å². The van der Waals surface area contributed by atoms with Gasteiger partial charge in [-0.15, -0.1) is 0 Å². The summed E-state index contributed by atoms with van der Waals surface area (Å²) in [4.78, 5) is 72.9. The molecule has 0 aliphatic carbocycles. The van der Waals surface area contributed by atoms with E-state index >= 15 is 0 Å². The lowest BCUT2D eigenvalue weighted by Crippen LogP contribution is -2.30. The Balaban J connectivity index is 5.24. The van der Waals surface area contributed by atoms with Crippen molar-refractivity contribution in [3.8, 4) is 0 Å². The number of hydrogen-bond donors (Lipinski definition) is 3. The standard InChI is InChI=1S/C78H152O17P2/c1-8-10-11-12-13-14-15-16-17-18-19-20-21-24-28-31-39-47-54-61-77(82)94-73(65-88-75(80)59-52-45-38-30-27-25-22-23-26-29-35-42-49-56-69(3)4)67-92-96(84,85)90-63-72(79)64-91-97(86,87)93-68-74(66-89-76(81)60-53-46-41-34-36-43-50-57-70(5)6)95-78(83)62-55-48-40-33-32-37-44-51-58-71(7)9-2/h69-74,79H,8-68H2,1-7H3,(H,84,85)(H,86,87)/t71?,72-,73-,74-/m1/s1. The molecule has 0 aromatic carbocycles. The molecule has 0 heterocycles. The molecule has 0 radical (unpaired) electrons. The van der Waals surface area contributed by atoms with E-state index in [-0.39, 0.29) is 25.7 Å². The third kappa shape index (κ3) is 70.9. The van der Waals surface area contributed by atoms with Crippen LogP contribution < -0.4 is 0 Å². The normalized spacial score (nSPS) is 14.3. The van der Waals surface area contributed by atoms with Crippen molar-refractivity contribution in [1.29, 1.82) is 0 Å². The van der Waals surface area contributed by atoms with Gasteiger partial charge in [-0.1, -0.05) is 350 Å². The Hall–Kier alpha value is -1.94. The summed E-state index contributed by atoms with van der Waals surface area (Å²) in [6, 6.07) is 0. The lowest BCUT2D eigenvalue weighted by Gasteiger charge is -2.21. The molecule has 0 saturated heterocycles. The molecule has 0 fully saturated rings.